The topological polar surface area (TPSA) is 52.6 Å². The van der Waals surface area contributed by atoms with Gasteiger partial charge in [-0.05, 0) is 12.8 Å². The molecule has 1 rings (SSSR count). The Balaban J connectivity index is 2.30. The van der Waals surface area contributed by atoms with E-state index in [2.05, 4.69) is 6.92 Å². The average molecular weight is 336 g/mol. The summed E-state index contributed by atoms with van der Waals surface area (Å²) in [6, 6.07) is 0. The maximum atomic E-state index is 12.1. The summed E-state index contributed by atoms with van der Waals surface area (Å²) in [6.45, 7) is 2.24. The Kier molecular flexibility index (Phi) is 10.1. The first-order valence-electron chi connectivity index (χ1n) is 9.27. The maximum Gasteiger partial charge on any atom is 0.232 e. The molecule has 0 aromatic heterocycles. The summed E-state index contributed by atoms with van der Waals surface area (Å²) in [7, 11) is 2.98. The molecule has 136 valence electrons. The molecule has 0 unspecified atom stereocenters. The van der Waals surface area contributed by atoms with Gasteiger partial charge in [-0.3, -0.25) is 9.59 Å². The van der Waals surface area contributed by atoms with Crippen molar-refractivity contribution in [1.29, 1.82) is 0 Å². The minimum Gasteiger partial charge on any atom is -0.493 e. The second-order valence-electron chi connectivity index (χ2n) is 6.35. The van der Waals surface area contributed by atoms with Crippen molar-refractivity contribution in [1.82, 2.24) is 0 Å². The van der Waals surface area contributed by atoms with Crippen molar-refractivity contribution < 1.29 is 19.1 Å². The van der Waals surface area contributed by atoms with Gasteiger partial charge in [-0.2, -0.15) is 0 Å². The first-order valence-corrected chi connectivity index (χ1v) is 9.27. The predicted molar refractivity (Wildman–Crippen MR) is 95.6 cm³/mol. The standard InChI is InChI=1S/C20H32O4/c1-4-5-6-7-8-9-10-11-12-13-14-16-19(22)17(21)15-18(23-2)20(16)24-3/h15H,4-14H2,1-3H3. The van der Waals surface area contributed by atoms with Crippen LogP contribution in [-0.2, 0) is 19.1 Å². The van der Waals surface area contributed by atoms with Crippen LogP contribution in [0.3, 0.4) is 0 Å². The second-order valence-corrected chi connectivity index (χ2v) is 6.35. The zero-order valence-electron chi connectivity index (χ0n) is 15.5. The summed E-state index contributed by atoms with van der Waals surface area (Å²) >= 11 is 0. The van der Waals surface area contributed by atoms with Gasteiger partial charge in [0.15, 0.2) is 11.5 Å². The van der Waals surface area contributed by atoms with E-state index in [9.17, 15) is 9.59 Å². The van der Waals surface area contributed by atoms with E-state index in [1.54, 1.807) is 0 Å². The minimum atomic E-state index is -0.519. The number of rotatable bonds is 13. The predicted octanol–water partition coefficient (Wildman–Crippen LogP) is 4.88. The number of unbranched alkanes of at least 4 members (excludes halogenated alkanes) is 9. The molecule has 0 radical (unpaired) electrons. The van der Waals surface area contributed by atoms with Crippen LogP contribution in [0, 0.1) is 0 Å². The Morgan fingerprint density at radius 1 is 0.792 bits per heavy atom. The molecular weight excluding hydrogens is 304 g/mol. The summed E-state index contributed by atoms with van der Waals surface area (Å²) in [5, 5.41) is 0. The van der Waals surface area contributed by atoms with Crippen molar-refractivity contribution >= 4 is 11.6 Å². The zero-order valence-corrected chi connectivity index (χ0v) is 15.5. The molecule has 0 aromatic rings. The molecule has 0 saturated carbocycles. The highest BCUT2D eigenvalue weighted by Gasteiger charge is 2.29. The van der Waals surface area contributed by atoms with E-state index < -0.39 is 11.6 Å². The Morgan fingerprint density at radius 2 is 1.33 bits per heavy atom. The van der Waals surface area contributed by atoms with Crippen LogP contribution in [0.5, 0.6) is 0 Å². The Bertz CT molecular complexity index is 474. The van der Waals surface area contributed by atoms with Gasteiger partial charge < -0.3 is 9.47 Å². The van der Waals surface area contributed by atoms with E-state index in [1.165, 1.54) is 71.7 Å². The molecule has 0 amide bonds. The van der Waals surface area contributed by atoms with Crippen LogP contribution in [0.4, 0.5) is 0 Å². The van der Waals surface area contributed by atoms with Gasteiger partial charge in [0.05, 0.1) is 14.2 Å². The van der Waals surface area contributed by atoms with Gasteiger partial charge in [0.2, 0.25) is 11.6 Å². The Morgan fingerprint density at radius 3 is 1.83 bits per heavy atom. The average Bonchev–Trinajstić information content (AvgIpc) is 2.59. The molecule has 0 bridgehead atoms. The normalized spacial score (nSPS) is 14.9. The van der Waals surface area contributed by atoms with Crippen LogP contribution in [0.15, 0.2) is 23.2 Å². The van der Waals surface area contributed by atoms with Gasteiger partial charge in [0, 0.05) is 11.6 Å². The van der Waals surface area contributed by atoms with Crippen molar-refractivity contribution in [3.63, 3.8) is 0 Å². The van der Waals surface area contributed by atoms with E-state index in [1.807, 2.05) is 0 Å². The molecule has 1 aliphatic rings. The smallest absolute Gasteiger partial charge is 0.232 e. The molecule has 4 nitrogen and oxygen atoms in total. The van der Waals surface area contributed by atoms with Gasteiger partial charge in [-0.1, -0.05) is 64.7 Å². The number of ether oxygens (including phenoxy) is 2. The molecule has 0 N–H and O–H groups in total. The monoisotopic (exact) mass is 336 g/mol. The molecule has 0 aliphatic heterocycles. The van der Waals surface area contributed by atoms with Crippen LogP contribution in [-0.4, -0.2) is 25.8 Å². The van der Waals surface area contributed by atoms with E-state index in [0.29, 0.717) is 23.5 Å². The van der Waals surface area contributed by atoms with Crippen LogP contribution in [0.25, 0.3) is 0 Å². The molecular formula is C20H32O4. The third-order valence-electron chi connectivity index (χ3n) is 4.46. The first kappa shape index (κ1) is 20.5. The van der Waals surface area contributed by atoms with E-state index >= 15 is 0 Å². The molecule has 0 fully saturated rings. The van der Waals surface area contributed by atoms with E-state index in [4.69, 9.17) is 9.47 Å². The highest BCUT2D eigenvalue weighted by atomic mass is 16.5. The highest BCUT2D eigenvalue weighted by Crippen LogP contribution is 2.26. The lowest BCUT2D eigenvalue weighted by molar-refractivity contribution is -0.132. The lowest BCUT2D eigenvalue weighted by atomic mass is 9.94. The van der Waals surface area contributed by atoms with E-state index in [-0.39, 0.29) is 0 Å². The summed E-state index contributed by atoms with van der Waals surface area (Å²) in [6.07, 6.45) is 14.2. The molecule has 0 saturated heterocycles. The lowest BCUT2D eigenvalue weighted by Gasteiger charge is -2.18. The van der Waals surface area contributed by atoms with Gasteiger partial charge in [-0.25, -0.2) is 0 Å². The number of hydrogen-bond acceptors (Lipinski definition) is 4. The Hall–Kier alpha value is -1.58. The van der Waals surface area contributed by atoms with Crippen molar-refractivity contribution in [2.75, 3.05) is 14.2 Å². The highest BCUT2D eigenvalue weighted by molar-refractivity contribution is 6.48. The fourth-order valence-corrected chi connectivity index (χ4v) is 3.04. The summed E-state index contributed by atoms with van der Waals surface area (Å²) in [5.41, 5.74) is 0.460. The van der Waals surface area contributed by atoms with Gasteiger partial charge >= 0.3 is 0 Å². The summed E-state index contributed by atoms with van der Waals surface area (Å²) in [5.74, 6) is -0.208. The quantitative estimate of drug-likeness (QED) is 0.273. The van der Waals surface area contributed by atoms with E-state index in [0.717, 1.165) is 12.8 Å². The number of allylic oxidation sites excluding steroid dienone is 2. The number of Topliss-reactive ketones (excluding diaryl/α,β-unsaturated/α-hetero) is 1. The van der Waals surface area contributed by atoms with Gasteiger partial charge in [0.1, 0.15) is 0 Å². The number of hydrogen-bond donors (Lipinski definition) is 0. The van der Waals surface area contributed by atoms with Crippen molar-refractivity contribution in [2.24, 2.45) is 0 Å². The number of carbonyl (C=O) groups is 2. The molecule has 0 aromatic carbocycles. The number of ketones is 2. The van der Waals surface area contributed by atoms with Crippen LogP contribution in [0.1, 0.15) is 77.6 Å². The van der Waals surface area contributed by atoms with Crippen molar-refractivity contribution in [3.05, 3.63) is 23.2 Å². The van der Waals surface area contributed by atoms with Crippen LogP contribution in [0.2, 0.25) is 0 Å². The number of methoxy groups -OCH3 is 2. The Labute approximate surface area is 146 Å². The molecule has 4 heteroatoms. The molecule has 0 spiro atoms. The second kappa shape index (κ2) is 11.9. The van der Waals surface area contributed by atoms with Crippen LogP contribution < -0.4 is 0 Å². The third kappa shape index (κ3) is 6.50. The molecule has 24 heavy (non-hydrogen) atoms. The van der Waals surface area contributed by atoms with Crippen molar-refractivity contribution in [3.8, 4) is 0 Å². The fraction of sp³-hybridized carbons (Fsp3) is 0.700. The minimum absolute atomic E-state index is 0.351. The van der Waals surface area contributed by atoms with Crippen LogP contribution >= 0.6 is 0 Å². The van der Waals surface area contributed by atoms with Crippen molar-refractivity contribution in [2.45, 2.75) is 77.6 Å². The molecule has 1 aliphatic carbocycles. The maximum absolute atomic E-state index is 12.1. The van der Waals surface area contributed by atoms with Gasteiger partial charge in [-0.15, -0.1) is 0 Å². The lowest BCUT2D eigenvalue weighted by Crippen LogP contribution is -2.22. The molecule has 0 heterocycles. The fourth-order valence-electron chi connectivity index (χ4n) is 3.04. The largest absolute Gasteiger partial charge is 0.493 e. The summed E-state index contributed by atoms with van der Waals surface area (Å²) in [4.78, 5) is 23.8. The SMILES string of the molecule is CCCCCCCCCCCCC1=C(OC)C(OC)=CC(=O)C1=O. The zero-order chi connectivity index (χ0) is 17.8. The van der Waals surface area contributed by atoms with Gasteiger partial charge in [0.25, 0.3) is 0 Å². The third-order valence-corrected chi connectivity index (χ3v) is 4.46. The molecule has 0 atom stereocenters. The first-order chi connectivity index (χ1) is 11.7. The summed E-state index contributed by atoms with van der Waals surface area (Å²) < 4.78 is 10.4. The number of carbonyl (C=O) groups excluding carboxylic acids is 2.